The van der Waals surface area contributed by atoms with Crippen LogP contribution in [0.25, 0.3) is 0 Å². The number of methoxy groups -OCH3 is 1. The maximum atomic E-state index is 5.46. The normalized spacial score (nSPS) is 19.4. The fourth-order valence-electron chi connectivity index (χ4n) is 3.18. The maximum Gasteiger partial charge on any atom is 0.217 e. The molecule has 0 amide bonds. The molecule has 0 unspecified atom stereocenters. The van der Waals surface area contributed by atoms with Gasteiger partial charge >= 0.3 is 0 Å². The van der Waals surface area contributed by atoms with E-state index in [-0.39, 0.29) is 0 Å². The molecule has 1 aliphatic heterocycles. The Kier molecular flexibility index (Phi) is 4.51. The maximum absolute atomic E-state index is 5.46. The number of hydrogen-bond donors (Lipinski definition) is 0. The number of pyridine rings is 1. The zero-order chi connectivity index (χ0) is 14.5. The Hall–Kier alpha value is -1.87. The summed E-state index contributed by atoms with van der Waals surface area (Å²) in [5, 5.41) is 0. The molecule has 3 rings (SSSR count). The number of nitrogens with zero attached hydrogens (tertiary/aromatic N) is 2. The third kappa shape index (κ3) is 3.24. The average molecular weight is 282 g/mol. The molecule has 0 radical (unpaired) electrons. The SMILES string of the molecule is COc1ncccc1[C@H]1CCCCN1Cc1ccccc1. The fourth-order valence-corrected chi connectivity index (χ4v) is 3.18. The van der Waals surface area contributed by atoms with E-state index in [0.29, 0.717) is 6.04 Å². The number of rotatable bonds is 4. The minimum absolute atomic E-state index is 0.405. The van der Waals surface area contributed by atoms with Crippen LogP contribution in [0.3, 0.4) is 0 Å². The average Bonchev–Trinajstić information content (AvgIpc) is 2.56. The van der Waals surface area contributed by atoms with Gasteiger partial charge in [-0.05, 0) is 31.0 Å². The van der Waals surface area contributed by atoms with Gasteiger partial charge in [0.25, 0.3) is 0 Å². The van der Waals surface area contributed by atoms with E-state index in [1.165, 1.54) is 30.4 Å². The lowest BCUT2D eigenvalue weighted by atomic mass is 9.95. The van der Waals surface area contributed by atoms with Gasteiger partial charge in [0.05, 0.1) is 7.11 Å². The van der Waals surface area contributed by atoms with Crippen molar-refractivity contribution >= 4 is 0 Å². The van der Waals surface area contributed by atoms with Crippen molar-refractivity contribution in [3.05, 3.63) is 59.8 Å². The second-order valence-corrected chi connectivity index (χ2v) is 5.57. The molecule has 3 heteroatoms. The van der Waals surface area contributed by atoms with Gasteiger partial charge in [-0.25, -0.2) is 4.98 Å². The van der Waals surface area contributed by atoms with Gasteiger partial charge in [-0.15, -0.1) is 0 Å². The first-order chi connectivity index (χ1) is 10.4. The number of aromatic nitrogens is 1. The molecule has 0 saturated carbocycles. The zero-order valence-electron chi connectivity index (χ0n) is 12.5. The Morgan fingerprint density at radius 1 is 1.14 bits per heavy atom. The Labute approximate surface area is 126 Å². The monoisotopic (exact) mass is 282 g/mol. The van der Waals surface area contributed by atoms with Crippen molar-refractivity contribution in [3.8, 4) is 5.88 Å². The zero-order valence-corrected chi connectivity index (χ0v) is 12.5. The predicted molar refractivity (Wildman–Crippen MR) is 84.2 cm³/mol. The number of hydrogen-bond acceptors (Lipinski definition) is 3. The first-order valence-corrected chi connectivity index (χ1v) is 7.65. The molecule has 1 aromatic carbocycles. The topological polar surface area (TPSA) is 25.4 Å². The van der Waals surface area contributed by atoms with Crippen LogP contribution in [0.5, 0.6) is 5.88 Å². The highest BCUT2D eigenvalue weighted by molar-refractivity contribution is 5.29. The smallest absolute Gasteiger partial charge is 0.217 e. The van der Waals surface area contributed by atoms with E-state index < -0.39 is 0 Å². The molecule has 1 saturated heterocycles. The lowest BCUT2D eigenvalue weighted by Gasteiger charge is -2.36. The largest absolute Gasteiger partial charge is 0.481 e. The van der Waals surface area contributed by atoms with Crippen molar-refractivity contribution in [2.24, 2.45) is 0 Å². The van der Waals surface area contributed by atoms with E-state index >= 15 is 0 Å². The molecule has 110 valence electrons. The highest BCUT2D eigenvalue weighted by atomic mass is 16.5. The van der Waals surface area contributed by atoms with E-state index in [0.717, 1.165) is 19.0 Å². The highest BCUT2D eigenvalue weighted by Crippen LogP contribution is 2.35. The minimum atomic E-state index is 0.405. The van der Waals surface area contributed by atoms with Crippen LogP contribution < -0.4 is 4.74 Å². The second-order valence-electron chi connectivity index (χ2n) is 5.57. The third-order valence-electron chi connectivity index (χ3n) is 4.20. The summed E-state index contributed by atoms with van der Waals surface area (Å²) in [5.41, 5.74) is 2.59. The summed E-state index contributed by atoms with van der Waals surface area (Å²) in [4.78, 5) is 6.92. The summed E-state index contributed by atoms with van der Waals surface area (Å²) in [7, 11) is 1.70. The summed E-state index contributed by atoms with van der Waals surface area (Å²) in [6.07, 6.45) is 5.52. The Bertz CT molecular complexity index is 570. The quantitative estimate of drug-likeness (QED) is 0.852. The highest BCUT2D eigenvalue weighted by Gasteiger charge is 2.26. The summed E-state index contributed by atoms with van der Waals surface area (Å²) in [6.45, 7) is 2.13. The van der Waals surface area contributed by atoms with Crippen LogP contribution in [0.15, 0.2) is 48.7 Å². The van der Waals surface area contributed by atoms with Crippen LogP contribution >= 0.6 is 0 Å². The minimum Gasteiger partial charge on any atom is -0.481 e. The molecule has 2 aromatic rings. The molecule has 0 bridgehead atoms. The molecule has 0 spiro atoms. The van der Waals surface area contributed by atoms with Crippen LogP contribution in [0.2, 0.25) is 0 Å². The first-order valence-electron chi connectivity index (χ1n) is 7.65. The van der Waals surface area contributed by atoms with E-state index in [1.807, 2.05) is 6.07 Å². The van der Waals surface area contributed by atoms with E-state index in [1.54, 1.807) is 13.3 Å². The van der Waals surface area contributed by atoms with Crippen molar-refractivity contribution < 1.29 is 4.74 Å². The van der Waals surface area contributed by atoms with Crippen molar-refractivity contribution in [2.45, 2.75) is 31.8 Å². The Balaban J connectivity index is 1.84. The molecule has 1 aromatic heterocycles. The predicted octanol–water partition coefficient (Wildman–Crippen LogP) is 3.82. The van der Waals surface area contributed by atoms with Gasteiger partial charge in [0, 0.05) is 24.3 Å². The van der Waals surface area contributed by atoms with Gasteiger partial charge in [-0.1, -0.05) is 42.8 Å². The molecule has 1 aliphatic rings. The summed E-state index contributed by atoms with van der Waals surface area (Å²) in [5.74, 6) is 0.766. The lowest BCUT2D eigenvalue weighted by Crippen LogP contribution is -2.33. The van der Waals surface area contributed by atoms with Crippen LogP contribution in [0.4, 0.5) is 0 Å². The van der Waals surface area contributed by atoms with Gasteiger partial charge in [0.15, 0.2) is 0 Å². The molecule has 0 aliphatic carbocycles. The Morgan fingerprint density at radius 2 is 2.00 bits per heavy atom. The Morgan fingerprint density at radius 3 is 2.81 bits per heavy atom. The molecule has 2 heterocycles. The van der Waals surface area contributed by atoms with E-state index in [2.05, 4.69) is 46.3 Å². The van der Waals surface area contributed by atoms with Crippen molar-refractivity contribution in [1.82, 2.24) is 9.88 Å². The third-order valence-corrected chi connectivity index (χ3v) is 4.20. The first kappa shape index (κ1) is 14.1. The number of piperidine rings is 1. The molecular weight excluding hydrogens is 260 g/mol. The van der Waals surface area contributed by atoms with Crippen LogP contribution in [0.1, 0.15) is 36.4 Å². The molecule has 0 N–H and O–H groups in total. The number of likely N-dealkylation sites (tertiary alicyclic amines) is 1. The van der Waals surface area contributed by atoms with Crippen molar-refractivity contribution in [3.63, 3.8) is 0 Å². The molecule has 1 fully saturated rings. The van der Waals surface area contributed by atoms with Crippen LogP contribution in [-0.4, -0.2) is 23.5 Å². The van der Waals surface area contributed by atoms with Crippen molar-refractivity contribution in [2.75, 3.05) is 13.7 Å². The van der Waals surface area contributed by atoms with Gasteiger partial charge < -0.3 is 4.74 Å². The van der Waals surface area contributed by atoms with E-state index in [4.69, 9.17) is 4.74 Å². The fraction of sp³-hybridized carbons (Fsp3) is 0.389. The molecule has 1 atom stereocenters. The van der Waals surface area contributed by atoms with Crippen molar-refractivity contribution in [1.29, 1.82) is 0 Å². The standard InChI is InChI=1S/C18H22N2O/c1-21-18-16(10-7-12-19-18)17-11-5-6-13-20(17)14-15-8-3-2-4-9-15/h2-4,7-10,12,17H,5-6,11,13-14H2,1H3/t17-/m1/s1. The molecular formula is C18H22N2O. The van der Waals surface area contributed by atoms with Crippen LogP contribution in [-0.2, 0) is 6.54 Å². The molecule has 3 nitrogen and oxygen atoms in total. The summed E-state index contributed by atoms with van der Waals surface area (Å²) >= 11 is 0. The van der Waals surface area contributed by atoms with Gasteiger partial charge in [0.1, 0.15) is 0 Å². The number of benzene rings is 1. The lowest BCUT2D eigenvalue weighted by molar-refractivity contribution is 0.137. The van der Waals surface area contributed by atoms with E-state index in [9.17, 15) is 0 Å². The summed E-state index contributed by atoms with van der Waals surface area (Å²) in [6, 6.07) is 15.3. The van der Waals surface area contributed by atoms with Crippen LogP contribution in [0, 0.1) is 0 Å². The van der Waals surface area contributed by atoms with Gasteiger partial charge in [0.2, 0.25) is 5.88 Å². The van der Waals surface area contributed by atoms with Gasteiger partial charge in [-0.3, -0.25) is 4.90 Å². The number of ether oxygens (including phenoxy) is 1. The summed E-state index contributed by atoms with van der Waals surface area (Å²) < 4.78 is 5.46. The van der Waals surface area contributed by atoms with Gasteiger partial charge in [-0.2, -0.15) is 0 Å². The molecule has 21 heavy (non-hydrogen) atoms. The second kappa shape index (κ2) is 6.72.